The molecule has 0 radical (unpaired) electrons. The fourth-order valence-electron chi connectivity index (χ4n) is 1.83. The van der Waals surface area contributed by atoms with Crippen molar-refractivity contribution in [3.63, 3.8) is 0 Å². The van der Waals surface area contributed by atoms with Gasteiger partial charge in [-0.1, -0.05) is 17.7 Å². The van der Waals surface area contributed by atoms with Gasteiger partial charge in [0.1, 0.15) is 11.2 Å². The van der Waals surface area contributed by atoms with Crippen molar-refractivity contribution in [2.45, 2.75) is 17.2 Å². The summed E-state index contributed by atoms with van der Waals surface area (Å²) in [5.41, 5.74) is 1.31. The minimum absolute atomic E-state index is 0.0583. The quantitative estimate of drug-likeness (QED) is 0.516. The first-order valence-electron chi connectivity index (χ1n) is 6.41. The fourth-order valence-corrected chi connectivity index (χ4v) is 2.71. The van der Waals surface area contributed by atoms with Crippen molar-refractivity contribution in [1.29, 1.82) is 0 Å². The van der Waals surface area contributed by atoms with Crippen molar-refractivity contribution in [2.24, 2.45) is 0 Å². The van der Waals surface area contributed by atoms with Crippen LogP contribution in [0.5, 0.6) is 0 Å². The third-order valence-electron chi connectivity index (χ3n) is 2.89. The first kappa shape index (κ1) is 15.4. The lowest BCUT2D eigenvalue weighted by Crippen LogP contribution is -1.92. The molecule has 0 spiro atoms. The fraction of sp³-hybridized carbons (Fsp3) is 0.0714. The van der Waals surface area contributed by atoms with Crippen LogP contribution in [0.3, 0.4) is 0 Å². The van der Waals surface area contributed by atoms with E-state index in [-0.39, 0.29) is 5.69 Å². The molecule has 3 aromatic rings. The van der Waals surface area contributed by atoms with Gasteiger partial charge in [-0.2, -0.15) is 0 Å². The van der Waals surface area contributed by atoms with E-state index in [1.54, 1.807) is 25.1 Å². The van der Waals surface area contributed by atoms with Crippen LogP contribution in [0.4, 0.5) is 5.69 Å². The summed E-state index contributed by atoms with van der Waals surface area (Å²) in [5.74, 6) is 0.342. The molecular formula is C14H9ClN4O3S. The Bertz CT molecular complexity index is 884. The maximum atomic E-state index is 10.7. The predicted molar refractivity (Wildman–Crippen MR) is 84.5 cm³/mol. The second-order valence-corrected chi connectivity index (χ2v) is 5.93. The molecule has 0 N–H and O–H groups in total. The molecule has 0 aliphatic heterocycles. The topological polar surface area (TPSA) is 95.0 Å². The van der Waals surface area contributed by atoms with E-state index in [1.807, 2.05) is 6.07 Å². The largest absolute Gasteiger partial charge is 0.411 e. The van der Waals surface area contributed by atoms with Gasteiger partial charge < -0.3 is 4.42 Å². The highest BCUT2D eigenvalue weighted by Gasteiger charge is 2.15. The van der Waals surface area contributed by atoms with Gasteiger partial charge in [0.2, 0.25) is 5.89 Å². The molecule has 116 valence electrons. The number of nitro groups is 1. The number of hydrogen-bond donors (Lipinski definition) is 0. The third-order valence-corrected chi connectivity index (χ3v) is 4.08. The SMILES string of the molecule is Cc1cc([N+](=O)[O-])cnc1Sc1nnc(-c2cccc(Cl)c2)o1. The molecule has 3 rings (SSSR count). The van der Waals surface area contributed by atoms with Crippen molar-refractivity contribution in [3.05, 3.63) is 57.2 Å². The summed E-state index contributed by atoms with van der Waals surface area (Å²) in [6.07, 6.45) is 1.20. The molecule has 7 nitrogen and oxygen atoms in total. The average molecular weight is 349 g/mol. The average Bonchev–Trinajstić information content (AvgIpc) is 2.98. The molecule has 0 atom stereocenters. The van der Waals surface area contributed by atoms with E-state index in [1.165, 1.54) is 12.3 Å². The molecule has 1 aromatic carbocycles. The Kier molecular flexibility index (Phi) is 4.26. The molecule has 0 fully saturated rings. The van der Waals surface area contributed by atoms with Gasteiger partial charge in [0, 0.05) is 16.7 Å². The molecule has 23 heavy (non-hydrogen) atoms. The Morgan fingerprint density at radius 3 is 2.83 bits per heavy atom. The zero-order valence-corrected chi connectivity index (χ0v) is 13.3. The summed E-state index contributed by atoms with van der Waals surface area (Å²) in [5, 5.41) is 20.1. The maximum absolute atomic E-state index is 10.7. The van der Waals surface area contributed by atoms with E-state index in [9.17, 15) is 10.1 Å². The van der Waals surface area contributed by atoms with E-state index >= 15 is 0 Å². The molecule has 0 aliphatic carbocycles. The number of aryl methyl sites for hydroxylation is 1. The second-order valence-electron chi connectivity index (χ2n) is 4.56. The smallest absolute Gasteiger partial charge is 0.287 e. The van der Waals surface area contributed by atoms with E-state index in [0.717, 1.165) is 11.8 Å². The molecular weight excluding hydrogens is 340 g/mol. The number of pyridine rings is 1. The molecule has 9 heteroatoms. The minimum Gasteiger partial charge on any atom is -0.411 e. The Morgan fingerprint density at radius 1 is 1.30 bits per heavy atom. The second kappa shape index (κ2) is 6.35. The van der Waals surface area contributed by atoms with Crippen LogP contribution in [0.2, 0.25) is 5.02 Å². The number of rotatable bonds is 4. The zero-order chi connectivity index (χ0) is 16.4. The van der Waals surface area contributed by atoms with E-state index in [2.05, 4.69) is 15.2 Å². The number of halogens is 1. The third kappa shape index (κ3) is 3.49. The highest BCUT2D eigenvalue weighted by atomic mass is 35.5. The van der Waals surface area contributed by atoms with Crippen LogP contribution in [0.15, 0.2) is 51.2 Å². The molecule has 0 aliphatic rings. The molecule has 0 unspecified atom stereocenters. The summed E-state index contributed by atoms with van der Waals surface area (Å²) in [6, 6.07) is 8.52. The van der Waals surface area contributed by atoms with E-state index < -0.39 is 4.92 Å². The Morgan fingerprint density at radius 2 is 2.13 bits per heavy atom. The lowest BCUT2D eigenvalue weighted by Gasteiger charge is -2.00. The number of benzene rings is 1. The summed E-state index contributed by atoms with van der Waals surface area (Å²) < 4.78 is 5.57. The minimum atomic E-state index is -0.488. The molecule has 0 amide bonds. The summed E-state index contributed by atoms with van der Waals surface area (Å²) >= 11 is 7.08. The van der Waals surface area contributed by atoms with Crippen molar-refractivity contribution in [1.82, 2.24) is 15.2 Å². The molecule has 0 saturated heterocycles. The lowest BCUT2D eigenvalue weighted by molar-refractivity contribution is -0.385. The van der Waals surface area contributed by atoms with Crippen LogP contribution in [0.25, 0.3) is 11.5 Å². The molecule has 2 aromatic heterocycles. The normalized spacial score (nSPS) is 10.7. The molecule has 0 saturated carbocycles. The van der Waals surface area contributed by atoms with Gasteiger partial charge in [0.25, 0.3) is 10.9 Å². The van der Waals surface area contributed by atoms with E-state index in [0.29, 0.717) is 32.3 Å². The van der Waals surface area contributed by atoms with Gasteiger partial charge in [-0.15, -0.1) is 10.2 Å². The standard InChI is InChI=1S/C14H9ClN4O3S/c1-8-5-11(19(20)21)7-16-13(8)23-14-18-17-12(22-14)9-3-2-4-10(15)6-9/h2-7H,1H3. The summed E-state index contributed by atoms with van der Waals surface area (Å²) in [7, 11) is 0. The monoisotopic (exact) mass is 348 g/mol. The van der Waals surface area contributed by atoms with Gasteiger partial charge in [0.15, 0.2) is 0 Å². The van der Waals surface area contributed by atoms with Crippen LogP contribution in [-0.2, 0) is 0 Å². The van der Waals surface area contributed by atoms with Gasteiger partial charge in [0.05, 0.1) is 4.92 Å². The Labute approximate surface area is 139 Å². The van der Waals surface area contributed by atoms with Crippen LogP contribution < -0.4 is 0 Å². The first-order valence-corrected chi connectivity index (χ1v) is 7.61. The predicted octanol–water partition coefficient (Wildman–Crippen LogP) is 4.15. The molecule has 2 heterocycles. The number of hydrogen-bond acceptors (Lipinski definition) is 7. The van der Waals surface area contributed by atoms with Crippen molar-refractivity contribution in [2.75, 3.05) is 0 Å². The number of nitrogens with zero attached hydrogens (tertiary/aromatic N) is 4. The van der Waals surface area contributed by atoms with Crippen LogP contribution in [0, 0.1) is 17.0 Å². The lowest BCUT2D eigenvalue weighted by atomic mass is 10.2. The summed E-state index contributed by atoms with van der Waals surface area (Å²) in [4.78, 5) is 14.3. The van der Waals surface area contributed by atoms with Gasteiger partial charge in [-0.3, -0.25) is 10.1 Å². The van der Waals surface area contributed by atoms with Crippen molar-refractivity contribution >= 4 is 29.1 Å². The van der Waals surface area contributed by atoms with Crippen molar-refractivity contribution < 1.29 is 9.34 Å². The number of aromatic nitrogens is 3. The highest BCUT2D eigenvalue weighted by molar-refractivity contribution is 7.99. The summed E-state index contributed by atoms with van der Waals surface area (Å²) in [6.45, 7) is 1.73. The highest BCUT2D eigenvalue weighted by Crippen LogP contribution is 2.31. The Balaban J connectivity index is 1.83. The van der Waals surface area contributed by atoms with Crippen LogP contribution >= 0.6 is 23.4 Å². The Hall–Kier alpha value is -2.45. The van der Waals surface area contributed by atoms with Crippen LogP contribution in [0.1, 0.15) is 5.56 Å². The van der Waals surface area contributed by atoms with Gasteiger partial charge in [-0.25, -0.2) is 4.98 Å². The zero-order valence-electron chi connectivity index (χ0n) is 11.8. The van der Waals surface area contributed by atoms with Gasteiger partial charge in [-0.05, 0) is 42.4 Å². The molecule has 0 bridgehead atoms. The van der Waals surface area contributed by atoms with E-state index in [4.69, 9.17) is 16.0 Å². The van der Waals surface area contributed by atoms with Gasteiger partial charge >= 0.3 is 0 Å². The van der Waals surface area contributed by atoms with Crippen molar-refractivity contribution in [3.8, 4) is 11.5 Å². The first-order chi connectivity index (χ1) is 11.0. The van der Waals surface area contributed by atoms with Crippen LogP contribution in [-0.4, -0.2) is 20.1 Å². The maximum Gasteiger partial charge on any atom is 0.287 e.